The molecule has 0 aromatic carbocycles. The van der Waals surface area contributed by atoms with Gasteiger partial charge in [0, 0.05) is 50.9 Å². The molecule has 0 bridgehead atoms. The summed E-state index contributed by atoms with van der Waals surface area (Å²) in [4.78, 5) is 26.9. The first-order valence-electron chi connectivity index (χ1n) is 10.9. The molecule has 3 N–H and O–H groups in total. The first-order chi connectivity index (χ1) is 15.1. The highest BCUT2D eigenvalue weighted by atomic mass is 32.1. The van der Waals surface area contributed by atoms with E-state index in [0.29, 0.717) is 17.0 Å². The molecule has 10 heteroatoms. The van der Waals surface area contributed by atoms with Crippen LogP contribution in [0.3, 0.4) is 0 Å². The minimum Gasteiger partial charge on any atom is -0.355 e. The summed E-state index contributed by atoms with van der Waals surface area (Å²) in [6, 6.07) is 7.65. The Balaban J connectivity index is 0.00000245. The second-order valence-electron chi connectivity index (χ2n) is 8.45. The van der Waals surface area contributed by atoms with E-state index in [-0.39, 0.29) is 25.4 Å². The number of pyridine rings is 2. The second-order valence-corrected chi connectivity index (χ2v) is 8.45. The Bertz CT molecular complexity index is 1110. The highest BCUT2D eigenvalue weighted by Crippen LogP contribution is 2.30. The number of aromatic nitrogens is 4. The summed E-state index contributed by atoms with van der Waals surface area (Å²) in [6.07, 6.45) is 6.32. The van der Waals surface area contributed by atoms with Crippen molar-refractivity contribution in [3.05, 3.63) is 36.2 Å². The maximum Gasteiger partial charge on any atom is 0.274 e. The van der Waals surface area contributed by atoms with Crippen molar-refractivity contribution >= 4 is 47.8 Å². The monoisotopic (exact) mass is 454 g/mol. The van der Waals surface area contributed by atoms with E-state index in [1.165, 1.54) is 6.42 Å². The highest BCUT2D eigenvalue weighted by Gasteiger charge is 2.23. The number of nitrogens with zero attached hydrogens (tertiary/aromatic N) is 6. The number of carbonyl (C=O) groups excluding carboxylic acids is 1. The van der Waals surface area contributed by atoms with Crippen molar-refractivity contribution in [2.24, 2.45) is 12.8 Å². The Morgan fingerprint density at radius 3 is 2.69 bits per heavy atom. The molecule has 9 nitrogen and oxygen atoms in total. The van der Waals surface area contributed by atoms with Crippen LogP contribution in [-0.2, 0) is 7.05 Å². The number of carbonyl (C=O) groups is 1. The van der Waals surface area contributed by atoms with Crippen LogP contribution >= 0.6 is 13.5 Å². The SMILES string of the molecule is Cn1cc2cc(NC(=O)c3cccc(N4CC[C@H](N)C4)n3)c(N3CCCCC3)nc2n1.S. The van der Waals surface area contributed by atoms with E-state index in [1.54, 1.807) is 10.7 Å². The number of anilines is 3. The molecule has 0 spiro atoms. The Morgan fingerprint density at radius 1 is 1.12 bits per heavy atom. The third kappa shape index (κ3) is 4.51. The molecule has 2 fully saturated rings. The fourth-order valence-electron chi connectivity index (χ4n) is 4.41. The van der Waals surface area contributed by atoms with Crippen molar-refractivity contribution in [3.63, 3.8) is 0 Å². The Labute approximate surface area is 194 Å². The molecule has 1 amide bonds. The highest BCUT2D eigenvalue weighted by molar-refractivity contribution is 7.59. The number of nitrogens with two attached hydrogens (primary N) is 1. The van der Waals surface area contributed by atoms with Gasteiger partial charge in [-0.15, -0.1) is 0 Å². The molecule has 0 aliphatic carbocycles. The first-order valence-corrected chi connectivity index (χ1v) is 10.9. The molecule has 0 saturated carbocycles. The van der Waals surface area contributed by atoms with E-state index in [4.69, 9.17) is 10.7 Å². The van der Waals surface area contributed by atoms with E-state index in [2.05, 4.69) is 25.2 Å². The summed E-state index contributed by atoms with van der Waals surface area (Å²) in [5, 5.41) is 8.41. The van der Waals surface area contributed by atoms with Crippen molar-refractivity contribution in [1.29, 1.82) is 0 Å². The van der Waals surface area contributed by atoms with Gasteiger partial charge >= 0.3 is 0 Å². The van der Waals surface area contributed by atoms with Gasteiger partial charge in [0.05, 0.1) is 5.69 Å². The third-order valence-corrected chi connectivity index (χ3v) is 6.01. The van der Waals surface area contributed by atoms with Crippen LogP contribution in [0.25, 0.3) is 11.0 Å². The fraction of sp³-hybridized carbons (Fsp3) is 0.455. The minimum atomic E-state index is -0.242. The molecule has 5 rings (SSSR count). The zero-order valence-electron chi connectivity index (χ0n) is 18.3. The van der Waals surface area contributed by atoms with Crippen LogP contribution in [0.2, 0.25) is 0 Å². The largest absolute Gasteiger partial charge is 0.355 e. The van der Waals surface area contributed by atoms with Crippen LogP contribution in [0.15, 0.2) is 30.5 Å². The van der Waals surface area contributed by atoms with E-state index >= 15 is 0 Å². The zero-order valence-corrected chi connectivity index (χ0v) is 19.3. The molecule has 2 aliphatic heterocycles. The third-order valence-electron chi connectivity index (χ3n) is 6.01. The summed E-state index contributed by atoms with van der Waals surface area (Å²) < 4.78 is 1.75. The maximum atomic E-state index is 13.1. The standard InChI is InChI=1S/C22H28N8O.H2S/c1-28-13-15-12-18(21(26-20(15)27-28)29-9-3-2-4-10-29)25-22(31)17-6-5-7-19(24-17)30-11-8-16(23)14-30;/h5-7,12-13,16H,2-4,8-11,14,23H2,1H3,(H,25,31);1H2/t16-;/m0./s1. The molecule has 170 valence electrons. The van der Waals surface area contributed by atoms with E-state index in [0.717, 1.165) is 62.5 Å². The van der Waals surface area contributed by atoms with Crippen LogP contribution in [-0.4, -0.2) is 57.9 Å². The number of piperidine rings is 1. The number of aryl methyl sites for hydroxylation is 1. The molecule has 0 unspecified atom stereocenters. The van der Waals surface area contributed by atoms with Gasteiger partial charge in [-0.25, -0.2) is 9.97 Å². The summed E-state index contributed by atoms with van der Waals surface area (Å²) >= 11 is 0. The van der Waals surface area contributed by atoms with Crippen LogP contribution < -0.4 is 20.9 Å². The number of fused-ring (bicyclic) bond motifs is 1. The van der Waals surface area contributed by atoms with Gasteiger partial charge in [-0.2, -0.15) is 18.6 Å². The summed E-state index contributed by atoms with van der Waals surface area (Å²) in [6.45, 7) is 3.48. The van der Waals surface area contributed by atoms with E-state index in [9.17, 15) is 4.79 Å². The Kier molecular flexibility index (Phi) is 6.52. The number of amides is 1. The van der Waals surface area contributed by atoms with E-state index in [1.807, 2.05) is 31.4 Å². The van der Waals surface area contributed by atoms with Crippen molar-refractivity contribution in [2.45, 2.75) is 31.7 Å². The van der Waals surface area contributed by atoms with Gasteiger partial charge in [0.2, 0.25) is 0 Å². The Hall–Kier alpha value is -2.85. The first kappa shape index (κ1) is 22.3. The van der Waals surface area contributed by atoms with Gasteiger partial charge in [-0.3, -0.25) is 9.48 Å². The molecular formula is C22H30N8OS. The van der Waals surface area contributed by atoms with Gasteiger partial charge in [-0.1, -0.05) is 6.07 Å². The average Bonchev–Trinajstić information content (AvgIpc) is 3.38. The molecule has 5 heterocycles. The normalized spacial score (nSPS) is 18.6. The predicted octanol–water partition coefficient (Wildman–Crippen LogP) is 2.26. The van der Waals surface area contributed by atoms with Gasteiger partial charge in [0.25, 0.3) is 5.91 Å². The van der Waals surface area contributed by atoms with Gasteiger partial charge in [-0.05, 0) is 43.9 Å². The van der Waals surface area contributed by atoms with Crippen LogP contribution in [0.1, 0.15) is 36.2 Å². The zero-order chi connectivity index (χ0) is 21.4. The van der Waals surface area contributed by atoms with Crippen molar-refractivity contribution in [3.8, 4) is 0 Å². The molecule has 0 radical (unpaired) electrons. The van der Waals surface area contributed by atoms with Crippen molar-refractivity contribution in [1.82, 2.24) is 19.7 Å². The fourth-order valence-corrected chi connectivity index (χ4v) is 4.41. The molecule has 3 aromatic rings. The number of rotatable bonds is 4. The summed E-state index contributed by atoms with van der Waals surface area (Å²) in [5.74, 6) is 1.33. The van der Waals surface area contributed by atoms with E-state index < -0.39 is 0 Å². The molecule has 2 aliphatic rings. The number of nitrogens with one attached hydrogen (secondary N) is 1. The van der Waals surface area contributed by atoms with Gasteiger partial charge in [0.1, 0.15) is 11.5 Å². The number of hydrogen-bond donors (Lipinski definition) is 2. The van der Waals surface area contributed by atoms with Crippen LogP contribution in [0.5, 0.6) is 0 Å². The summed E-state index contributed by atoms with van der Waals surface area (Å²) in [7, 11) is 1.88. The predicted molar refractivity (Wildman–Crippen MR) is 132 cm³/mol. The van der Waals surface area contributed by atoms with Crippen LogP contribution in [0, 0.1) is 0 Å². The van der Waals surface area contributed by atoms with Crippen molar-refractivity contribution < 1.29 is 4.79 Å². The lowest BCUT2D eigenvalue weighted by Crippen LogP contribution is -2.31. The lowest BCUT2D eigenvalue weighted by atomic mass is 10.1. The molecular weight excluding hydrogens is 424 g/mol. The quantitative estimate of drug-likeness (QED) is 0.623. The maximum absolute atomic E-state index is 13.1. The van der Waals surface area contributed by atoms with Crippen molar-refractivity contribution in [2.75, 3.05) is 41.3 Å². The second kappa shape index (κ2) is 9.33. The minimum absolute atomic E-state index is 0. The lowest BCUT2D eigenvalue weighted by Gasteiger charge is -2.29. The average molecular weight is 455 g/mol. The smallest absolute Gasteiger partial charge is 0.274 e. The molecule has 3 aromatic heterocycles. The summed E-state index contributed by atoms with van der Waals surface area (Å²) in [5.41, 5.74) is 7.80. The topological polar surface area (TPSA) is 105 Å². The molecule has 2 saturated heterocycles. The number of hydrogen-bond acceptors (Lipinski definition) is 7. The Morgan fingerprint density at radius 2 is 1.94 bits per heavy atom. The lowest BCUT2D eigenvalue weighted by molar-refractivity contribution is 0.102. The molecule has 32 heavy (non-hydrogen) atoms. The van der Waals surface area contributed by atoms with Crippen LogP contribution in [0.4, 0.5) is 17.3 Å². The van der Waals surface area contributed by atoms with Gasteiger partial charge < -0.3 is 20.9 Å². The molecule has 1 atom stereocenters. The van der Waals surface area contributed by atoms with Gasteiger partial charge in [0.15, 0.2) is 11.5 Å².